The van der Waals surface area contributed by atoms with Gasteiger partial charge in [-0.2, -0.15) is 0 Å². The topological polar surface area (TPSA) is 29.9 Å². The summed E-state index contributed by atoms with van der Waals surface area (Å²) in [4.78, 5) is 4.05. The van der Waals surface area contributed by atoms with Crippen molar-refractivity contribution in [3.8, 4) is 0 Å². The van der Waals surface area contributed by atoms with Gasteiger partial charge in [0.2, 0.25) is 0 Å². The maximum Gasteiger partial charge on any atom is 0.0946 e. The van der Waals surface area contributed by atoms with Crippen molar-refractivity contribution < 1.29 is 0 Å². The number of nitrogens with zero attached hydrogens (tertiary/aromatic N) is 2. The van der Waals surface area contributed by atoms with Gasteiger partial charge in [-0.3, -0.25) is 0 Å². The van der Waals surface area contributed by atoms with Crippen molar-refractivity contribution in [2.75, 3.05) is 6.54 Å². The minimum Gasteiger partial charge on any atom is -0.336 e. The summed E-state index contributed by atoms with van der Waals surface area (Å²) >= 11 is 0. The van der Waals surface area contributed by atoms with E-state index in [1.807, 2.05) is 18.7 Å². The van der Waals surface area contributed by atoms with Crippen LogP contribution in [0.15, 0.2) is 36.9 Å². The van der Waals surface area contributed by atoms with E-state index < -0.39 is 0 Å². The van der Waals surface area contributed by atoms with Gasteiger partial charge in [-0.15, -0.1) is 0 Å². The molecule has 3 heteroatoms. The number of imidazole rings is 1. The molecule has 0 aliphatic heterocycles. The van der Waals surface area contributed by atoms with E-state index in [-0.39, 0.29) is 0 Å². The number of aromatic nitrogens is 2. The molecule has 0 fully saturated rings. The Labute approximate surface area is 114 Å². The number of hydrogen-bond acceptors (Lipinski definition) is 2. The number of nitrogens with one attached hydrogen (secondary N) is 1. The molecule has 19 heavy (non-hydrogen) atoms. The largest absolute Gasteiger partial charge is 0.336 e. The summed E-state index contributed by atoms with van der Waals surface area (Å²) in [6.07, 6.45) is 9.53. The first-order valence-corrected chi connectivity index (χ1v) is 7.14. The molecular formula is C16H21N3. The Morgan fingerprint density at radius 1 is 1.32 bits per heavy atom. The number of benzene rings is 1. The van der Waals surface area contributed by atoms with E-state index in [2.05, 4.69) is 40.0 Å². The van der Waals surface area contributed by atoms with E-state index >= 15 is 0 Å². The zero-order valence-corrected chi connectivity index (χ0v) is 11.5. The Morgan fingerprint density at radius 2 is 2.21 bits per heavy atom. The summed E-state index contributed by atoms with van der Waals surface area (Å²) in [6.45, 7) is 4.18. The van der Waals surface area contributed by atoms with Crippen LogP contribution in [0.5, 0.6) is 0 Å². The van der Waals surface area contributed by atoms with E-state index in [0.717, 1.165) is 13.1 Å². The lowest BCUT2D eigenvalue weighted by atomic mass is 10.0. The monoisotopic (exact) mass is 255 g/mol. The summed E-state index contributed by atoms with van der Waals surface area (Å²) in [6, 6.07) is 7.39. The molecule has 1 aliphatic carbocycles. The highest BCUT2D eigenvalue weighted by molar-refractivity contribution is 5.36. The summed E-state index contributed by atoms with van der Waals surface area (Å²) in [5, 5.41) is 3.58. The van der Waals surface area contributed by atoms with Crippen molar-refractivity contribution in [1.29, 1.82) is 0 Å². The fourth-order valence-electron chi connectivity index (χ4n) is 2.81. The second-order valence-electron chi connectivity index (χ2n) is 5.36. The van der Waals surface area contributed by atoms with E-state index in [1.165, 1.54) is 24.8 Å². The smallest absolute Gasteiger partial charge is 0.0946 e. The maximum absolute atomic E-state index is 4.05. The zero-order valence-electron chi connectivity index (χ0n) is 11.5. The predicted octanol–water partition coefficient (Wildman–Crippen LogP) is 2.72. The Hall–Kier alpha value is -1.61. The van der Waals surface area contributed by atoms with Gasteiger partial charge in [-0.05, 0) is 42.9 Å². The second-order valence-corrected chi connectivity index (χ2v) is 5.36. The molecule has 1 aromatic carbocycles. The molecule has 0 bridgehead atoms. The molecular weight excluding hydrogens is 234 g/mol. The Balaban J connectivity index is 1.56. The maximum atomic E-state index is 4.05. The molecule has 1 atom stereocenters. The summed E-state index contributed by atoms with van der Waals surface area (Å²) in [7, 11) is 0. The van der Waals surface area contributed by atoms with Crippen molar-refractivity contribution in [3.05, 3.63) is 53.6 Å². The first kappa shape index (κ1) is 12.4. The fraction of sp³-hybridized carbons (Fsp3) is 0.438. The van der Waals surface area contributed by atoms with Gasteiger partial charge in [-0.1, -0.05) is 18.2 Å². The Kier molecular flexibility index (Phi) is 3.65. The number of aryl methyl sites for hydroxylation is 2. The fourth-order valence-corrected chi connectivity index (χ4v) is 2.81. The van der Waals surface area contributed by atoms with Crippen molar-refractivity contribution in [3.63, 3.8) is 0 Å². The Bertz CT molecular complexity index is 531. The van der Waals surface area contributed by atoms with Gasteiger partial charge in [0.25, 0.3) is 0 Å². The molecule has 1 heterocycles. The van der Waals surface area contributed by atoms with Gasteiger partial charge in [0.1, 0.15) is 0 Å². The van der Waals surface area contributed by atoms with E-state index in [4.69, 9.17) is 0 Å². The van der Waals surface area contributed by atoms with E-state index in [9.17, 15) is 0 Å². The molecule has 1 aromatic heterocycles. The van der Waals surface area contributed by atoms with Crippen molar-refractivity contribution in [1.82, 2.24) is 14.9 Å². The third kappa shape index (κ3) is 2.87. The van der Waals surface area contributed by atoms with Crippen LogP contribution in [0.4, 0.5) is 0 Å². The first-order chi connectivity index (χ1) is 9.33. The second kappa shape index (κ2) is 5.57. The summed E-state index contributed by atoms with van der Waals surface area (Å²) in [5.41, 5.74) is 4.52. The van der Waals surface area contributed by atoms with Crippen molar-refractivity contribution in [2.45, 2.75) is 38.8 Å². The standard InChI is InChI=1S/C16H21N3/c1-13(18-8-10-19-9-7-17-12-19)15-6-5-14-3-2-4-16(14)11-15/h5-7,9,11-13,18H,2-4,8,10H2,1H3. The van der Waals surface area contributed by atoms with Gasteiger partial charge < -0.3 is 9.88 Å². The third-order valence-electron chi connectivity index (χ3n) is 4.00. The lowest BCUT2D eigenvalue weighted by Gasteiger charge is -2.15. The lowest BCUT2D eigenvalue weighted by Crippen LogP contribution is -2.23. The molecule has 0 radical (unpaired) electrons. The third-order valence-corrected chi connectivity index (χ3v) is 4.00. The van der Waals surface area contributed by atoms with Gasteiger partial charge in [0, 0.05) is 31.5 Å². The molecule has 0 spiro atoms. The highest BCUT2D eigenvalue weighted by Crippen LogP contribution is 2.25. The van der Waals surface area contributed by atoms with Gasteiger partial charge in [0.15, 0.2) is 0 Å². The number of fused-ring (bicyclic) bond motifs is 1. The first-order valence-electron chi connectivity index (χ1n) is 7.14. The zero-order chi connectivity index (χ0) is 13.1. The molecule has 1 aliphatic rings. The normalized spacial score (nSPS) is 15.4. The van der Waals surface area contributed by atoms with Crippen LogP contribution in [0.1, 0.15) is 36.1 Å². The van der Waals surface area contributed by atoms with Crippen LogP contribution in [0.3, 0.4) is 0 Å². The van der Waals surface area contributed by atoms with Crippen LogP contribution in [0.2, 0.25) is 0 Å². The number of hydrogen-bond donors (Lipinski definition) is 1. The van der Waals surface area contributed by atoms with Gasteiger partial charge >= 0.3 is 0 Å². The quantitative estimate of drug-likeness (QED) is 0.890. The highest BCUT2D eigenvalue weighted by Gasteiger charge is 2.13. The van der Waals surface area contributed by atoms with Crippen LogP contribution < -0.4 is 5.32 Å². The average Bonchev–Trinajstić information content (AvgIpc) is 3.08. The van der Waals surface area contributed by atoms with Crippen LogP contribution in [0, 0.1) is 0 Å². The molecule has 0 saturated heterocycles. The molecule has 1 unspecified atom stereocenters. The Morgan fingerprint density at radius 3 is 3.05 bits per heavy atom. The summed E-state index contributed by atoms with van der Waals surface area (Å²) in [5.74, 6) is 0. The van der Waals surface area contributed by atoms with Crippen LogP contribution >= 0.6 is 0 Å². The van der Waals surface area contributed by atoms with Crippen molar-refractivity contribution >= 4 is 0 Å². The average molecular weight is 255 g/mol. The molecule has 2 aromatic rings. The van der Waals surface area contributed by atoms with Gasteiger partial charge in [0.05, 0.1) is 6.33 Å². The van der Waals surface area contributed by atoms with Crippen molar-refractivity contribution in [2.24, 2.45) is 0 Å². The molecule has 100 valence electrons. The number of rotatable bonds is 5. The minimum atomic E-state index is 0.412. The van der Waals surface area contributed by atoms with Crippen LogP contribution in [-0.4, -0.2) is 16.1 Å². The molecule has 0 amide bonds. The molecule has 0 saturated carbocycles. The molecule has 3 rings (SSSR count). The predicted molar refractivity (Wildman–Crippen MR) is 77.1 cm³/mol. The summed E-state index contributed by atoms with van der Waals surface area (Å²) < 4.78 is 2.10. The van der Waals surface area contributed by atoms with E-state index in [0.29, 0.717) is 6.04 Å². The van der Waals surface area contributed by atoms with Crippen LogP contribution in [-0.2, 0) is 19.4 Å². The van der Waals surface area contributed by atoms with Gasteiger partial charge in [-0.25, -0.2) is 4.98 Å². The minimum absolute atomic E-state index is 0.412. The SMILES string of the molecule is CC(NCCn1ccnc1)c1ccc2c(c1)CCC2. The highest BCUT2D eigenvalue weighted by atomic mass is 15.0. The molecule has 3 nitrogen and oxygen atoms in total. The van der Waals surface area contributed by atoms with E-state index in [1.54, 1.807) is 11.1 Å². The lowest BCUT2D eigenvalue weighted by molar-refractivity contribution is 0.531. The molecule has 1 N–H and O–H groups in total. The van der Waals surface area contributed by atoms with Crippen LogP contribution in [0.25, 0.3) is 0 Å².